The molecule has 3 heteroatoms. The van der Waals surface area contributed by atoms with E-state index in [1.807, 2.05) is 6.07 Å². The third kappa shape index (κ3) is 4.23. The average Bonchev–Trinajstić information content (AvgIpc) is 3.64. The van der Waals surface area contributed by atoms with Gasteiger partial charge in [-0.1, -0.05) is 141 Å². The molecule has 50 heavy (non-hydrogen) atoms. The highest BCUT2D eigenvalue weighted by molar-refractivity contribution is 6.09. The van der Waals surface area contributed by atoms with Crippen LogP contribution in [0.15, 0.2) is 164 Å². The molecular formula is C47H33N3. The Hall–Kier alpha value is -6.32. The molecule has 2 heterocycles. The van der Waals surface area contributed by atoms with E-state index in [1.54, 1.807) is 0 Å². The predicted octanol–water partition coefficient (Wildman–Crippen LogP) is 12.0. The van der Waals surface area contributed by atoms with Crippen LogP contribution in [0.5, 0.6) is 0 Å². The van der Waals surface area contributed by atoms with Gasteiger partial charge in [0.15, 0.2) is 5.82 Å². The third-order valence-corrected chi connectivity index (χ3v) is 10.6. The number of hydrogen-bond acceptors (Lipinski definition) is 2. The second kappa shape index (κ2) is 10.8. The first-order valence-corrected chi connectivity index (χ1v) is 17.3. The highest BCUT2D eigenvalue weighted by atomic mass is 15.0. The van der Waals surface area contributed by atoms with Crippen LogP contribution in [0.4, 0.5) is 0 Å². The Morgan fingerprint density at radius 2 is 1.08 bits per heavy atom. The first-order chi connectivity index (χ1) is 24.6. The van der Waals surface area contributed by atoms with Crippen LogP contribution in [0.3, 0.4) is 0 Å². The van der Waals surface area contributed by atoms with Crippen LogP contribution in [0, 0.1) is 0 Å². The van der Waals surface area contributed by atoms with Crippen molar-refractivity contribution < 1.29 is 0 Å². The predicted molar refractivity (Wildman–Crippen MR) is 208 cm³/mol. The molecule has 9 aromatic rings. The summed E-state index contributed by atoms with van der Waals surface area (Å²) in [6, 6.07) is 58.6. The maximum absolute atomic E-state index is 5.32. The van der Waals surface area contributed by atoms with Gasteiger partial charge < -0.3 is 4.57 Å². The summed E-state index contributed by atoms with van der Waals surface area (Å²) in [7, 11) is 0. The fourth-order valence-corrected chi connectivity index (χ4v) is 8.29. The van der Waals surface area contributed by atoms with E-state index in [1.165, 1.54) is 54.8 Å². The molecule has 0 N–H and O–H groups in total. The minimum Gasteiger partial charge on any atom is -0.309 e. The lowest BCUT2D eigenvalue weighted by atomic mass is 9.79. The van der Waals surface area contributed by atoms with Crippen LogP contribution in [0.2, 0.25) is 0 Å². The summed E-state index contributed by atoms with van der Waals surface area (Å²) >= 11 is 0. The van der Waals surface area contributed by atoms with Crippen LogP contribution in [-0.2, 0) is 5.41 Å². The Balaban J connectivity index is 1.19. The normalized spacial score (nSPS) is 13.2. The van der Waals surface area contributed by atoms with Crippen LogP contribution in [0.25, 0.3) is 83.3 Å². The van der Waals surface area contributed by atoms with Gasteiger partial charge in [-0.15, -0.1) is 0 Å². The van der Waals surface area contributed by atoms with Crippen molar-refractivity contribution in [3.8, 4) is 50.7 Å². The largest absolute Gasteiger partial charge is 0.309 e. The lowest BCUT2D eigenvalue weighted by Gasteiger charge is -2.24. The van der Waals surface area contributed by atoms with Crippen molar-refractivity contribution in [3.05, 3.63) is 175 Å². The second-order valence-electron chi connectivity index (χ2n) is 13.8. The van der Waals surface area contributed by atoms with E-state index < -0.39 is 0 Å². The minimum absolute atomic E-state index is 0.150. The number of fused-ring (bicyclic) bond motifs is 8. The van der Waals surface area contributed by atoms with Gasteiger partial charge in [0.2, 0.25) is 0 Å². The van der Waals surface area contributed by atoms with Gasteiger partial charge in [-0.05, 0) is 69.4 Å². The van der Waals surface area contributed by atoms with Crippen LogP contribution in [0.1, 0.15) is 25.0 Å². The molecule has 0 atom stereocenters. The molecule has 0 amide bonds. The molecule has 236 valence electrons. The van der Waals surface area contributed by atoms with Crippen molar-refractivity contribution >= 4 is 32.6 Å². The average molecular weight is 640 g/mol. The number of hydrogen-bond donors (Lipinski definition) is 0. The lowest BCUT2D eigenvalue weighted by Crippen LogP contribution is -2.15. The molecule has 3 nitrogen and oxygen atoms in total. The molecule has 0 saturated heterocycles. The fourth-order valence-electron chi connectivity index (χ4n) is 8.29. The van der Waals surface area contributed by atoms with Crippen LogP contribution in [-0.4, -0.2) is 14.5 Å². The lowest BCUT2D eigenvalue weighted by molar-refractivity contribution is 0.666. The molecule has 0 unspecified atom stereocenters. The van der Waals surface area contributed by atoms with Gasteiger partial charge in [-0.2, -0.15) is 0 Å². The molecule has 2 aromatic heterocycles. The third-order valence-electron chi connectivity index (χ3n) is 10.6. The molecule has 7 aromatic carbocycles. The van der Waals surface area contributed by atoms with Gasteiger partial charge in [-0.25, -0.2) is 9.97 Å². The summed E-state index contributed by atoms with van der Waals surface area (Å²) in [4.78, 5) is 10.5. The van der Waals surface area contributed by atoms with E-state index in [2.05, 4.69) is 176 Å². The monoisotopic (exact) mass is 639 g/mol. The summed E-state index contributed by atoms with van der Waals surface area (Å²) in [5.41, 5.74) is 13.6. The Morgan fingerprint density at radius 3 is 1.82 bits per heavy atom. The van der Waals surface area contributed by atoms with Gasteiger partial charge in [0.1, 0.15) is 0 Å². The second-order valence-corrected chi connectivity index (χ2v) is 13.8. The zero-order chi connectivity index (χ0) is 33.4. The molecule has 0 saturated carbocycles. The van der Waals surface area contributed by atoms with Crippen LogP contribution >= 0.6 is 0 Å². The molecule has 1 aliphatic carbocycles. The van der Waals surface area contributed by atoms with Crippen LogP contribution < -0.4 is 0 Å². The standard InChI is InChI=1S/C47H33N3/c1-47(2)39-21-11-8-20-37(39)44-38(28-32-16-6-7-17-34(32)45(44)47)41-29-40(48-46(49-41)31-14-4-3-5-15-31)30-24-26-33(27-25-30)50-42-22-12-9-18-35(42)36-19-10-13-23-43(36)50/h3-29H,1-2H3. The fraction of sp³-hybridized carbons (Fsp3) is 0.0638. The Bertz CT molecular complexity index is 2720. The summed E-state index contributed by atoms with van der Waals surface area (Å²) in [6.45, 7) is 4.71. The van der Waals surface area contributed by atoms with Gasteiger partial charge in [-0.3, -0.25) is 0 Å². The van der Waals surface area contributed by atoms with Crippen molar-refractivity contribution in [1.29, 1.82) is 0 Å². The van der Waals surface area contributed by atoms with Crippen molar-refractivity contribution in [2.75, 3.05) is 0 Å². The highest BCUT2D eigenvalue weighted by Gasteiger charge is 2.38. The van der Waals surface area contributed by atoms with E-state index >= 15 is 0 Å². The number of nitrogens with zero attached hydrogens (tertiary/aromatic N) is 3. The maximum atomic E-state index is 5.32. The van der Waals surface area contributed by atoms with Crippen molar-refractivity contribution in [3.63, 3.8) is 0 Å². The molecule has 0 radical (unpaired) electrons. The van der Waals surface area contributed by atoms with Gasteiger partial charge in [0.05, 0.1) is 22.4 Å². The summed E-state index contributed by atoms with van der Waals surface area (Å²) in [5.74, 6) is 0.719. The summed E-state index contributed by atoms with van der Waals surface area (Å²) < 4.78 is 2.35. The first-order valence-electron chi connectivity index (χ1n) is 17.3. The summed E-state index contributed by atoms with van der Waals surface area (Å²) in [6.07, 6.45) is 0. The van der Waals surface area contributed by atoms with E-state index in [4.69, 9.17) is 9.97 Å². The number of benzene rings is 7. The van der Waals surface area contributed by atoms with Gasteiger partial charge in [0.25, 0.3) is 0 Å². The van der Waals surface area contributed by atoms with Crippen molar-refractivity contribution in [2.45, 2.75) is 19.3 Å². The topological polar surface area (TPSA) is 30.7 Å². The number of para-hydroxylation sites is 2. The smallest absolute Gasteiger partial charge is 0.160 e. The van der Waals surface area contributed by atoms with Gasteiger partial charge >= 0.3 is 0 Å². The Morgan fingerprint density at radius 1 is 0.480 bits per heavy atom. The highest BCUT2D eigenvalue weighted by Crippen LogP contribution is 2.54. The molecule has 1 aliphatic rings. The number of aromatic nitrogens is 3. The Labute approximate surface area is 291 Å². The van der Waals surface area contributed by atoms with Crippen molar-refractivity contribution in [2.24, 2.45) is 0 Å². The zero-order valence-electron chi connectivity index (χ0n) is 27.9. The summed E-state index contributed by atoms with van der Waals surface area (Å²) in [5, 5.41) is 5.03. The van der Waals surface area contributed by atoms with Crippen molar-refractivity contribution in [1.82, 2.24) is 14.5 Å². The Kier molecular flexibility index (Phi) is 6.22. The van der Waals surface area contributed by atoms with E-state index in [-0.39, 0.29) is 5.41 Å². The molecule has 0 bridgehead atoms. The van der Waals surface area contributed by atoms with E-state index in [0.717, 1.165) is 39.6 Å². The quantitative estimate of drug-likeness (QED) is 0.192. The van der Waals surface area contributed by atoms with E-state index in [0.29, 0.717) is 0 Å². The molecule has 0 fully saturated rings. The number of rotatable bonds is 4. The maximum Gasteiger partial charge on any atom is 0.160 e. The molecule has 0 aliphatic heterocycles. The zero-order valence-corrected chi connectivity index (χ0v) is 27.9. The molecule has 0 spiro atoms. The molecular weight excluding hydrogens is 607 g/mol. The van der Waals surface area contributed by atoms with E-state index in [9.17, 15) is 0 Å². The SMILES string of the molecule is CC1(C)c2ccccc2-c2c(-c3cc(-c4ccc(-n5c6ccccc6c6ccccc65)cc4)nc(-c4ccccc4)n3)cc3ccccc3c21. The van der Waals surface area contributed by atoms with Gasteiger partial charge in [0, 0.05) is 38.6 Å². The molecule has 10 rings (SSSR count). The minimum atomic E-state index is -0.150. The first kappa shape index (κ1) is 28.7.